The Kier molecular flexibility index (Phi) is 3.85. The van der Waals surface area contributed by atoms with Crippen LogP contribution in [-0.2, 0) is 6.54 Å². The van der Waals surface area contributed by atoms with Crippen molar-refractivity contribution in [2.45, 2.75) is 6.54 Å². The monoisotopic (exact) mass is 261 g/mol. The number of carboxylic acids is 1. The molecule has 18 heavy (non-hydrogen) atoms. The van der Waals surface area contributed by atoms with E-state index in [2.05, 4.69) is 5.32 Å². The van der Waals surface area contributed by atoms with Crippen LogP contribution in [0.4, 0.5) is 5.69 Å². The fourth-order valence-corrected chi connectivity index (χ4v) is 1.81. The van der Waals surface area contributed by atoms with Gasteiger partial charge in [-0.2, -0.15) is 0 Å². The molecule has 0 atom stereocenters. The van der Waals surface area contributed by atoms with Gasteiger partial charge in [-0.3, -0.25) is 0 Å². The Morgan fingerprint density at radius 1 is 1.17 bits per heavy atom. The van der Waals surface area contributed by atoms with Crippen LogP contribution in [0.15, 0.2) is 48.5 Å². The summed E-state index contributed by atoms with van der Waals surface area (Å²) in [4.78, 5) is 11.1. The zero-order valence-corrected chi connectivity index (χ0v) is 10.3. The summed E-state index contributed by atoms with van der Waals surface area (Å²) < 4.78 is 0. The maximum Gasteiger partial charge on any atom is 0.337 e. The lowest BCUT2D eigenvalue weighted by Crippen LogP contribution is -2.06. The van der Waals surface area contributed by atoms with Crippen molar-refractivity contribution in [1.29, 1.82) is 0 Å². The van der Waals surface area contributed by atoms with E-state index in [0.717, 1.165) is 5.56 Å². The number of carbonyl (C=O) groups is 1. The van der Waals surface area contributed by atoms with Crippen molar-refractivity contribution in [3.05, 3.63) is 64.7 Å². The molecule has 0 heterocycles. The van der Waals surface area contributed by atoms with Gasteiger partial charge in [0.25, 0.3) is 0 Å². The Morgan fingerprint density at radius 2 is 1.89 bits per heavy atom. The minimum absolute atomic E-state index is 0.218. The van der Waals surface area contributed by atoms with Crippen LogP contribution in [0, 0.1) is 0 Å². The fourth-order valence-electron chi connectivity index (χ4n) is 1.64. The first-order valence-corrected chi connectivity index (χ1v) is 5.85. The van der Waals surface area contributed by atoms with E-state index in [4.69, 9.17) is 16.7 Å². The molecule has 2 rings (SSSR count). The van der Waals surface area contributed by atoms with Crippen molar-refractivity contribution in [2.24, 2.45) is 0 Å². The van der Waals surface area contributed by atoms with E-state index in [0.29, 0.717) is 17.3 Å². The Labute approximate surface area is 110 Å². The number of benzene rings is 2. The zero-order valence-electron chi connectivity index (χ0n) is 9.56. The summed E-state index contributed by atoms with van der Waals surface area (Å²) in [7, 11) is 0. The topological polar surface area (TPSA) is 49.3 Å². The first kappa shape index (κ1) is 12.5. The third-order valence-electron chi connectivity index (χ3n) is 2.54. The fraction of sp³-hybridized carbons (Fsp3) is 0.0714. The lowest BCUT2D eigenvalue weighted by atomic mass is 10.1. The van der Waals surface area contributed by atoms with Gasteiger partial charge in [0.15, 0.2) is 0 Å². The highest BCUT2D eigenvalue weighted by molar-refractivity contribution is 6.31. The highest BCUT2D eigenvalue weighted by atomic mass is 35.5. The molecule has 0 amide bonds. The average molecular weight is 262 g/mol. The molecular formula is C14H12ClNO2. The molecule has 2 N–H and O–H groups in total. The van der Waals surface area contributed by atoms with E-state index >= 15 is 0 Å². The molecule has 0 bridgehead atoms. The average Bonchev–Trinajstić information content (AvgIpc) is 2.37. The second-order valence-electron chi connectivity index (χ2n) is 3.83. The molecule has 4 heteroatoms. The van der Waals surface area contributed by atoms with Gasteiger partial charge in [0.2, 0.25) is 0 Å². The lowest BCUT2D eigenvalue weighted by molar-refractivity contribution is 0.0698. The normalized spacial score (nSPS) is 10.1. The van der Waals surface area contributed by atoms with Gasteiger partial charge in [0.1, 0.15) is 0 Å². The quantitative estimate of drug-likeness (QED) is 0.883. The molecule has 2 aromatic rings. The standard InChI is InChI=1S/C14H12ClNO2/c15-11-6-7-12(14(17)18)13(8-11)16-9-10-4-2-1-3-5-10/h1-8,16H,9H2,(H,17,18). The molecule has 0 spiro atoms. The van der Waals surface area contributed by atoms with Crippen LogP contribution in [-0.4, -0.2) is 11.1 Å². The Balaban J connectivity index is 2.18. The third kappa shape index (κ3) is 3.02. The molecular weight excluding hydrogens is 250 g/mol. The smallest absolute Gasteiger partial charge is 0.337 e. The van der Waals surface area contributed by atoms with Crippen LogP contribution in [0.25, 0.3) is 0 Å². The van der Waals surface area contributed by atoms with Crippen molar-refractivity contribution in [1.82, 2.24) is 0 Å². The van der Waals surface area contributed by atoms with Crippen molar-refractivity contribution < 1.29 is 9.90 Å². The van der Waals surface area contributed by atoms with Gasteiger partial charge in [-0.05, 0) is 23.8 Å². The molecule has 0 aliphatic heterocycles. The third-order valence-corrected chi connectivity index (χ3v) is 2.77. The van der Waals surface area contributed by atoms with Gasteiger partial charge in [0, 0.05) is 11.6 Å². The molecule has 0 unspecified atom stereocenters. The summed E-state index contributed by atoms with van der Waals surface area (Å²) >= 11 is 5.87. The van der Waals surface area contributed by atoms with Crippen LogP contribution >= 0.6 is 11.6 Å². The maximum atomic E-state index is 11.1. The second kappa shape index (κ2) is 5.56. The number of anilines is 1. The van der Waals surface area contributed by atoms with Crippen LogP contribution < -0.4 is 5.32 Å². The van der Waals surface area contributed by atoms with Crippen molar-refractivity contribution in [3.63, 3.8) is 0 Å². The summed E-state index contributed by atoms with van der Waals surface area (Å²) in [5.41, 5.74) is 1.82. The molecule has 0 fully saturated rings. The van der Waals surface area contributed by atoms with Gasteiger partial charge in [-0.1, -0.05) is 41.9 Å². The lowest BCUT2D eigenvalue weighted by Gasteiger charge is -2.10. The number of rotatable bonds is 4. The van der Waals surface area contributed by atoms with E-state index in [9.17, 15) is 4.79 Å². The molecule has 3 nitrogen and oxygen atoms in total. The maximum absolute atomic E-state index is 11.1. The van der Waals surface area contributed by atoms with Gasteiger partial charge in [-0.15, -0.1) is 0 Å². The van der Waals surface area contributed by atoms with E-state index in [1.54, 1.807) is 12.1 Å². The van der Waals surface area contributed by atoms with Crippen LogP contribution in [0.3, 0.4) is 0 Å². The van der Waals surface area contributed by atoms with Crippen LogP contribution in [0.1, 0.15) is 15.9 Å². The summed E-state index contributed by atoms with van der Waals surface area (Å²) in [5, 5.41) is 12.7. The van der Waals surface area contributed by atoms with Gasteiger partial charge >= 0.3 is 5.97 Å². The molecule has 0 radical (unpaired) electrons. The molecule has 92 valence electrons. The summed E-state index contributed by atoms with van der Waals surface area (Å²) in [6.45, 7) is 0.557. The largest absolute Gasteiger partial charge is 0.478 e. The highest BCUT2D eigenvalue weighted by Gasteiger charge is 2.09. The van der Waals surface area contributed by atoms with E-state index in [-0.39, 0.29) is 5.56 Å². The SMILES string of the molecule is O=C(O)c1ccc(Cl)cc1NCc1ccccc1. The minimum atomic E-state index is -0.970. The predicted molar refractivity (Wildman–Crippen MR) is 72.2 cm³/mol. The number of aromatic carboxylic acids is 1. The number of hydrogen-bond donors (Lipinski definition) is 2. The van der Waals surface area contributed by atoms with Gasteiger partial charge in [-0.25, -0.2) is 4.79 Å². The van der Waals surface area contributed by atoms with E-state index in [1.165, 1.54) is 6.07 Å². The molecule has 2 aromatic carbocycles. The highest BCUT2D eigenvalue weighted by Crippen LogP contribution is 2.21. The summed E-state index contributed by atoms with van der Waals surface area (Å²) in [6.07, 6.45) is 0. The van der Waals surface area contributed by atoms with E-state index < -0.39 is 5.97 Å². The number of halogens is 1. The van der Waals surface area contributed by atoms with E-state index in [1.807, 2.05) is 30.3 Å². The molecule has 0 aliphatic rings. The first-order valence-electron chi connectivity index (χ1n) is 5.47. The first-order chi connectivity index (χ1) is 8.66. The molecule has 0 saturated carbocycles. The molecule has 0 saturated heterocycles. The minimum Gasteiger partial charge on any atom is -0.478 e. The summed E-state index contributed by atoms with van der Waals surface area (Å²) in [5.74, 6) is -0.970. The van der Waals surface area contributed by atoms with Gasteiger partial charge < -0.3 is 10.4 Å². The summed E-state index contributed by atoms with van der Waals surface area (Å²) in [6, 6.07) is 14.4. The number of hydrogen-bond acceptors (Lipinski definition) is 2. The predicted octanol–water partition coefficient (Wildman–Crippen LogP) is 3.65. The van der Waals surface area contributed by atoms with Crippen LogP contribution in [0.5, 0.6) is 0 Å². The molecule has 0 aliphatic carbocycles. The van der Waals surface area contributed by atoms with Crippen molar-refractivity contribution in [3.8, 4) is 0 Å². The van der Waals surface area contributed by atoms with Crippen LogP contribution in [0.2, 0.25) is 5.02 Å². The Bertz CT molecular complexity index is 555. The molecule has 0 aromatic heterocycles. The zero-order chi connectivity index (χ0) is 13.0. The second-order valence-corrected chi connectivity index (χ2v) is 4.27. The Morgan fingerprint density at radius 3 is 2.56 bits per heavy atom. The van der Waals surface area contributed by atoms with Crippen molar-refractivity contribution >= 4 is 23.3 Å². The number of carboxylic acid groups (broad SMARTS) is 1. The van der Waals surface area contributed by atoms with Gasteiger partial charge in [0.05, 0.1) is 11.3 Å². The number of nitrogens with one attached hydrogen (secondary N) is 1. The van der Waals surface area contributed by atoms with Crippen molar-refractivity contribution in [2.75, 3.05) is 5.32 Å². The Hall–Kier alpha value is -2.00.